The second kappa shape index (κ2) is 8.52. The summed E-state index contributed by atoms with van der Waals surface area (Å²) in [5, 5.41) is 2.89. The van der Waals surface area contributed by atoms with Crippen molar-refractivity contribution < 1.29 is 9.53 Å². The van der Waals surface area contributed by atoms with Crippen molar-refractivity contribution in [1.82, 2.24) is 0 Å². The van der Waals surface area contributed by atoms with Gasteiger partial charge in [-0.3, -0.25) is 4.79 Å². The molecule has 3 nitrogen and oxygen atoms in total. The number of rotatable bonds is 6. The first kappa shape index (κ1) is 18.8. The molecule has 0 spiro atoms. The summed E-state index contributed by atoms with van der Waals surface area (Å²) in [6.07, 6.45) is 4.26. The monoisotopic (exact) mass is 337 g/mol. The molecule has 0 saturated heterocycles. The van der Waals surface area contributed by atoms with E-state index in [1.807, 2.05) is 48.5 Å². The Bertz CT molecular complexity index is 724. The molecule has 0 heterocycles. The molecule has 0 aliphatic heterocycles. The molecule has 0 saturated carbocycles. The van der Waals surface area contributed by atoms with Gasteiger partial charge in [0.2, 0.25) is 5.91 Å². The third-order valence-electron chi connectivity index (χ3n) is 3.81. The summed E-state index contributed by atoms with van der Waals surface area (Å²) in [5.41, 5.74) is 3.03. The zero-order valence-electron chi connectivity index (χ0n) is 15.5. The standard InChI is InChI=1S/C22H27NO2/c1-5-16-25-20-9-7-6-8-17(20)10-15-21(24)23-19-13-11-18(12-14-19)22(2,3)4/h6-15H,5,16H2,1-4H3,(H,23,24)/b15-10+. The number of nitrogens with one attached hydrogen (secondary N) is 1. The van der Waals surface area contributed by atoms with E-state index in [-0.39, 0.29) is 11.3 Å². The highest BCUT2D eigenvalue weighted by Gasteiger charge is 2.12. The van der Waals surface area contributed by atoms with Crippen LogP contribution in [0.2, 0.25) is 0 Å². The number of para-hydroxylation sites is 1. The van der Waals surface area contributed by atoms with Gasteiger partial charge in [0.15, 0.2) is 0 Å². The topological polar surface area (TPSA) is 38.3 Å². The molecule has 2 aromatic carbocycles. The van der Waals surface area contributed by atoms with Crippen LogP contribution in [0.25, 0.3) is 6.08 Å². The molecular weight excluding hydrogens is 310 g/mol. The highest BCUT2D eigenvalue weighted by molar-refractivity contribution is 6.02. The lowest BCUT2D eigenvalue weighted by atomic mass is 9.87. The van der Waals surface area contributed by atoms with Crippen LogP contribution in [0.3, 0.4) is 0 Å². The predicted molar refractivity (Wildman–Crippen MR) is 105 cm³/mol. The van der Waals surface area contributed by atoms with E-state index in [1.165, 1.54) is 11.6 Å². The van der Waals surface area contributed by atoms with E-state index in [9.17, 15) is 4.79 Å². The SMILES string of the molecule is CCCOc1ccccc1/C=C/C(=O)Nc1ccc(C(C)(C)C)cc1. The third kappa shape index (κ3) is 5.79. The number of hydrogen-bond donors (Lipinski definition) is 1. The van der Waals surface area contributed by atoms with Crippen LogP contribution in [-0.2, 0) is 10.2 Å². The van der Waals surface area contributed by atoms with Crippen molar-refractivity contribution in [3.05, 3.63) is 65.7 Å². The Labute approximate surface area is 150 Å². The van der Waals surface area contributed by atoms with Crippen LogP contribution >= 0.6 is 0 Å². The number of anilines is 1. The first-order chi connectivity index (χ1) is 11.9. The van der Waals surface area contributed by atoms with Gasteiger partial charge < -0.3 is 10.1 Å². The average Bonchev–Trinajstić information content (AvgIpc) is 2.58. The van der Waals surface area contributed by atoms with Gasteiger partial charge in [-0.25, -0.2) is 0 Å². The Kier molecular flexibility index (Phi) is 6.40. The van der Waals surface area contributed by atoms with Gasteiger partial charge in [-0.2, -0.15) is 0 Å². The van der Waals surface area contributed by atoms with Crippen molar-refractivity contribution in [1.29, 1.82) is 0 Å². The quantitative estimate of drug-likeness (QED) is 0.714. The first-order valence-electron chi connectivity index (χ1n) is 8.71. The van der Waals surface area contributed by atoms with Gasteiger partial charge in [0.25, 0.3) is 0 Å². The third-order valence-corrected chi connectivity index (χ3v) is 3.81. The van der Waals surface area contributed by atoms with Crippen LogP contribution in [0.5, 0.6) is 5.75 Å². The minimum Gasteiger partial charge on any atom is -0.493 e. The van der Waals surface area contributed by atoms with Crippen molar-refractivity contribution in [2.45, 2.75) is 39.5 Å². The van der Waals surface area contributed by atoms with Crippen LogP contribution in [0.1, 0.15) is 45.2 Å². The molecular formula is C22H27NO2. The Morgan fingerprint density at radius 1 is 1.08 bits per heavy atom. The largest absolute Gasteiger partial charge is 0.493 e. The van der Waals surface area contributed by atoms with Gasteiger partial charge in [0, 0.05) is 17.3 Å². The summed E-state index contributed by atoms with van der Waals surface area (Å²) in [6.45, 7) is 9.23. The van der Waals surface area contributed by atoms with Crippen molar-refractivity contribution in [3.63, 3.8) is 0 Å². The lowest BCUT2D eigenvalue weighted by molar-refractivity contribution is -0.111. The van der Waals surface area contributed by atoms with Gasteiger partial charge in [0.1, 0.15) is 5.75 Å². The average molecular weight is 337 g/mol. The second-order valence-corrected chi connectivity index (χ2v) is 7.04. The van der Waals surface area contributed by atoms with E-state index in [1.54, 1.807) is 6.08 Å². The predicted octanol–water partition coefficient (Wildman–Crippen LogP) is 5.42. The fraction of sp³-hybridized carbons (Fsp3) is 0.318. The number of carbonyl (C=O) groups excluding carboxylic acids is 1. The maximum absolute atomic E-state index is 12.2. The summed E-state index contributed by atoms with van der Waals surface area (Å²) in [6, 6.07) is 15.7. The molecule has 0 aliphatic rings. The molecule has 0 aromatic heterocycles. The Morgan fingerprint density at radius 3 is 2.40 bits per heavy atom. The minimum absolute atomic E-state index is 0.102. The molecule has 0 radical (unpaired) electrons. The van der Waals surface area contributed by atoms with Crippen LogP contribution < -0.4 is 10.1 Å². The molecule has 0 bridgehead atoms. The van der Waals surface area contributed by atoms with Crippen molar-refractivity contribution in [3.8, 4) is 5.75 Å². The number of carbonyl (C=O) groups is 1. The maximum atomic E-state index is 12.2. The van der Waals surface area contributed by atoms with E-state index in [4.69, 9.17) is 4.74 Å². The lowest BCUT2D eigenvalue weighted by Crippen LogP contribution is -2.12. The van der Waals surface area contributed by atoms with Gasteiger partial charge >= 0.3 is 0 Å². The van der Waals surface area contributed by atoms with Crippen molar-refractivity contribution >= 4 is 17.7 Å². The maximum Gasteiger partial charge on any atom is 0.248 e. The Hall–Kier alpha value is -2.55. The molecule has 3 heteroatoms. The lowest BCUT2D eigenvalue weighted by Gasteiger charge is -2.19. The van der Waals surface area contributed by atoms with Crippen LogP contribution in [0.15, 0.2) is 54.6 Å². The summed E-state index contributed by atoms with van der Waals surface area (Å²) in [5.74, 6) is 0.636. The minimum atomic E-state index is -0.159. The first-order valence-corrected chi connectivity index (χ1v) is 8.71. The van der Waals surface area contributed by atoms with Gasteiger partial charge in [0.05, 0.1) is 6.61 Å². The molecule has 132 valence electrons. The smallest absolute Gasteiger partial charge is 0.248 e. The molecule has 1 N–H and O–H groups in total. The van der Waals surface area contributed by atoms with Crippen molar-refractivity contribution in [2.24, 2.45) is 0 Å². The molecule has 25 heavy (non-hydrogen) atoms. The highest BCUT2D eigenvalue weighted by atomic mass is 16.5. The van der Waals surface area contributed by atoms with Crippen LogP contribution in [0.4, 0.5) is 5.69 Å². The van der Waals surface area contributed by atoms with Crippen molar-refractivity contribution in [2.75, 3.05) is 11.9 Å². The molecule has 0 unspecified atom stereocenters. The summed E-state index contributed by atoms with van der Waals surface area (Å²) in [4.78, 5) is 12.2. The number of ether oxygens (including phenoxy) is 1. The van der Waals surface area contributed by atoms with Gasteiger partial charge in [-0.15, -0.1) is 0 Å². The number of amides is 1. The van der Waals surface area contributed by atoms with E-state index >= 15 is 0 Å². The summed E-state index contributed by atoms with van der Waals surface area (Å²) < 4.78 is 5.70. The van der Waals surface area contributed by atoms with E-state index in [2.05, 4.69) is 33.0 Å². The molecule has 2 rings (SSSR count). The Balaban J connectivity index is 2.02. The molecule has 1 amide bonds. The van der Waals surface area contributed by atoms with E-state index in [0.717, 1.165) is 23.4 Å². The summed E-state index contributed by atoms with van der Waals surface area (Å²) in [7, 11) is 0. The molecule has 0 atom stereocenters. The van der Waals surface area contributed by atoms with E-state index < -0.39 is 0 Å². The fourth-order valence-corrected chi connectivity index (χ4v) is 2.36. The normalized spacial score (nSPS) is 11.5. The van der Waals surface area contributed by atoms with Crippen LogP contribution in [-0.4, -0.2) is 12.5 Å². The fourth-order valence-electron chi connectivity index (χ4n) is 2.36. The molecule has 2 aromatic rings. The van der Waals surface area contributed by atoms with E-state index in [0.29, 0.717) is 6.61 Å². The van der Waals surface area contributed by atoms with Gasteiger partial charge in [-0.1, -0.05) is 58.0 Å². The second-order valence-electron chi connectivity index (χ2n) is 7.04. The number of benzene rings is 2. The van der Waals surface area contributed by atoms with Gasteiger partial charge in [-0.05, 0) is 41.7 Å². The van der Waals surface area contributed by atoms with Crippen LogP contribution in [0, 0.1) is 0 Å². The Morgan fingerprint density at radius 2 is 1.76 bits per heavy atom. The highest BCUT2D eigenvalue weighted by Crippen LogP contribution is 2.23. The zero-order chi connectivity index (χ0) is 18.3. The summed E-state index contributed by atoms with van der Waals surface area (Å²) >= 11 is 0. The number of hydrogen-bond acceptors (Lipinski definition) is 2. The zero-order valence-corrected chi connectivity index (χ0v) is 15.5. The molecule has 0 fully saturated rings. The molecule has 0 aliphatic carbocycles.